The molecule has 0 saturated heterocycles. The minimum absolute atomic E-state index is 0.0798. The third kappa shape index (κ3) is 2.69. The number of hydrogen-bond donors (Lipinski definition) is 0. The molecule has 0 unspecified atom stereocenters. The molecule has 4 nitrogen and oxygen atoms in total. The molecule has 0 aliphatic rings. The van der Waals surface area contributed by atoms with Gasteiger partial charge in [-0.1, -0.05) is 31.5 Å². The molecule has 122 valence electrons. The maximum absolute atomic E-state index is 13.1. The molecule has 2 aromatic carbocycles. The van der Waals surface area contributed by atoms with Crippen LogP contribution in [-0.4, -0.2) is 16.3 Å². The highest BCUT2D eigenvalue weighted by atomic mass is 79.9. The van der Waals surface area contributed by atoms with Crippen molar-refractivity contribution in [3.8, 4) is 5.69 Å². The molecule has 3 aromatic rings. The van der Waals surface area contributed by atoms with Gasteiger partial charge in [0.1, 0.15) is 5.82 Å². The van der Waals surface area contributed by atoms with Gasteiger partial charge in [0, 0.05) is 5.92 Å². The molecule has 0 amide bonds. The van der Waals surface area contributed by atoms with E-state index in [9.17, 15) is 4.79 Å². The summed E-state index contributed by atoms with van der Waals surface area (Å²) in [4.78, 5) is 21.9. The highest BCUT2D eigenvalue weighted by Crippen LogP contribution is 2.32. The lowest BCUT2D eigenvalue weighted by Gasteiger charge is -2.17. The Hall–Kier alpha value is -2.27. The molecule has 0 saturated carbocycles. The van der Waals surface area contributed by atoms with Crippen LogP contribution in [0.3, 0.4) is 0 Å². The number of benzene rings is 2. The van der Waals surface area contributed by atoms with Gasteiger partial charge in [0.05, 0.1) is 26.8 Å². The summed E-state index contributed by atoms with van der Waals surface area (Å²) in [5, 5.41) is 0.555. The van der Waals surface area contributed by atoms with Gasteiger partial charge in [-0.25, -0.2) is 4.98 Å². The normalized spacial score (nSPS) is 11.2. The van der Waals surface area contributed by atoms with Crippen molar-refractivity contribution in [2.45, 2.75) is 26.7 Å². The molecular weight excluding hydrogens is 366 g/mol. The highest BCUT2D eigenvalue weighted by Gasteiger charge is 2.17. The summed E-state index contributed by atoms with van der Waals surface area (Å²) in [7, 11) is 0. The molecule has 0 aliphatic carbocycles. The van der Waals surface area contributed by atoms with Crippen molar-refractivity contribution in [1.82, 2.24) is 9.55 Å². The fraction of sp³-hybridized carbons (Fsp3) is 0.211. The number of aromatic nitrogens is 2. The summed E-state index contributed by atoms with van der Waals surface area (Å²) in [5.74, 6) is 0.814. The standard InChI is InChI=1S/C19H18BrN3O/c1-11(2)18-22-17-14(9-10-15(21-4)16(17)20)19(24)23(18)13-7-5-12(3)6-8-13/h5-11H,4H2,1-3H3. The Morgan fingerprint density at radius 2 is 1.83 bits per heavy atom. The number of fused-ring (bicyclic) bond motifs is 1. The van der Waals surface area contributed by atoms with E-state index in [4.69, 9.17) is 4.98 Å². The second-order valence-corrected chi connectivity index (χ2v) is 6.85. The van der Waals surface area contributed by atoms with Crippen molar-refractivity contribution in [1.29, 1.82) is 0 Å². The van der Waals surface area contributed by atoms with E-state index < -0.39 is 0 Å². The lowest BCUT2D eigenvalue weighted by molar-refractivity contribution is 0.722. The second kappa shape index (κ2) is 6.32. The van der Waals surface area contributed by atoms with Gasteiger partial charge >= 0.3 is 0 Å². The zero-order valence-electron chi connectivity index (χ0n) is 13.9. The van der Waals surface area contributed by atoms with Crippen molar-refractivity contribution in [3.63, 3.8) is 0 Å². The number of nitrogens with zero attached hydrogens (tertiary/aromatic N) is 3. The van der Waals surface area contributed by atoms with E-state index in [-0.39, 0.29) is 11.5 Å². The molecule has 3 rings (SSSR count). The molecule has 24 heavy (non-hydrogen) atoms. The van der Waals surface area contributed by atoms with Crippen LogP contribution in [0.5, 0.6) is 0 Å². The fourth-order valence-corrected chi connectivity index (χ4v) is 3.24. The van der Waals surface area contributed by atoms with E-state index in [0.717, 1.165) is 17.1 Å². The number of aliphatic imine (C=N–C) groups is 1. The average molecular weight is 384 g/mol. The number of aryl methyl sites for hydroxylation is 1. The summed E-state index contributed by atoms with van der Waals surface area (Å²) in [6.07, 6.45) is 0. The smallest absolute Gasteiger partial charge is 0.266 e. The Kier molecular flexibility index (Phi) is 4.37. The lowest BCUT2D eigenvalue weighted by Crippen LogP contribution is -2.24. The quantitative estimate of drug-likeness (QED) is 0.603. The first-order valence-electron chi connectivity index (χ1n) is 7.73. The van der Waals surface area contributed by atoms with Crippen LogP contribution in [0, 0.1) is 6.92 Å². The number of hydrogen-bond acceptors (Lipinski definition) is 3. The van der Waals surface area contributed by atoms with Crippen molar-refractivity contribution in [2.75, 3.05) is 0 Å². The Morgan fingerprint density at radius 3 is 2.42 bits per heavy atom. The molecular formula is C19H18BrN3O. The molecule has 0 spiro atoms. The van der Waals surface area contributed by atoms with Crippen LogP contribution >= 0.6 is 15.9 Å². The Bertz CT molecular complexity index is 988. The SMILES string of the molecule is C=Nc1ccc2c(=O)n(-c3ccc(C)cc3)c(C(C)C)nc2c1Br. The summed E-state index contributed by atoms with van der Waals surface area (Å²) >= 11 is 3.51. The second-order valence-electron chi connectivity index (χ2n) is 6.05. The Balaban J connectivity index is 2.43. The fourth-order valence-electron chi connectivity index (χ4n) is 2.68. The molecule has 5 heteroatoms. The molecule has 0 bridgehead atoms. The van der Waals surface area contributed by atoms with Gasteiger partial charge < -0.3 is 0 Å². The zero-order chi connectivity index (χ0) is 17.4. The van der Waals surface area contributed by atoms with Gasteiger partial charge in [-0.05, 0) is 53.8 Å². The Labute approximate surface area is 149 Å². The van der Waals surface area contributed by atoms with E-state index in [1.165, 1.54) is 0 Å². The molecule has 0 fully saturated rings. The maximum Gasteiger partial charge on any atom is 0.266 e. The van der Waals surface area contributed by atoms with Crippen LogP contribution in [0.1, 0.15) is 31.2 Å². The monoisotopic (exact) mass is 383 g/mol. The largest absolute Gasteiger partial charge is 0.268 e. The molecule has 0 N–H and O–H groups in total. The van der Waals surface area contributed by atoms with E-state index in [1.807, 2.05) is 45.0 Å². The summed E-state index contributed by atoms with van der Waals surface area (Å²) in [5.41, 5.74) is 3.19. The molecule has 0 radical (unpaired) electrons. The zero-order valence-corrected chi connectivity index (χ0v) is 15.5. The van der Waals surface area contributed by atoms with Gasteiger partial charge in [-0.2, -0.15) is 0 Å². The van der Waals surface area contributed by atoms with Crippen LogP contribution in [0.15, 0.2) is 50.7 Å². The van der Waals surface area contributed by atoms with E-state index in [1.54, 1.807) is 16.7 Å². The third-order valence-corrected chi connectivity index (χ3v) is 4.75. The predicted octanol–water partition coefficient (Wildman–Crippen LogP) is 4.91. The first-order valence-corrected chi connectivity index (χ1v) is 8.52. The highest BCUT2D eigenvalue weighted by molar-refractivity contribution is 9.10. The summed E-state index contributed by atoms with van der Waals surface area (Å²) < 4.78 is 2.39. The van der Waals surface area contributed by atoms with Crippen LogP contribution in [0.25, 0.3) is 16.6 Å². The van der Waals surface area contributed by atoms with Crippen molar-refractivity contribution < 1.29 is 0 Å². The Morgan fingerprint density at radius 1 is 1.17 bits per heavy atom. The van der Waals surface area contributed by atoms with Crippen LogP contribution < -0.4 is 5.56 Å². The summed E-state index contributed by atoms with van der Waals surface area (Å²) in [6.45, 7) is 9.64. The molecule has 1 heterocycles. The van der Waals surface area contributed by atoms with Gasteiger partial charge in [0.15, 0.2) is 0 Å². The van der Waals surface area contributed by atoms with Crippen LogP contribution in [-0.2, 0) is 0 Å². The van der Waals surface area contributed by atoms with Gasteiger partial charge in [0.25, 0.3) is 5.56 Å². The van der Waals surface area contributed by atoms with Gasteiger partial charge in [-0.15, -0.1) is 0 Å². The van der Waals surface area contributed by atoms with Crippen molar-refractivity contribution in [2.24, 2.45) is 4.99 Å². The molecule has 0 atom stereocenters. The van der Waals surface area contributed by atoms with Gasteiger partial charge in [-0.3, -0.25) is 14.4 Å². The lowest BCUT2D eigenvalue weighted by atomic mass is 10.1. The molecule has 0 aliphatic heterocycles. The van der Waals surface area contributed by atoms with Crippen LogP contribution in [0.2, 0.25) is 0 Å². The topological polar surface area (TPSA) is 47.2 Å². The average Bonchev–Trinajstić information content (AvgIpc) is 2.56. The predicted molar refractivity (Wildman–Crippen MR) is 103 cm³/mol. The van der Waals surface area contributed by atoms with Crippen LogP contribution in [0.4, 0.5) is 5.69 Å². The van der Waals surface area contributed by atoms with E-state index >= 15 is 0 Å². The summed E-state index contributed by atoms with van der Waals surface area (Å²) in [6, 6.07) is 11.4. The maximum atomic E-state index is 13.1. The molecule has 1 aromatic heterocycles. The van der Waals surface area contributed by atoms with Gasteiger partial charge in [0.2, 0.25) is 0 Å². The van der Waals surface area contributed by atoms with Crippen molar-refractivity contribution in [3.05, 3.63) is 62.6 Å². The van der Waals surface area contributed by atoms with E-state index in [0.29, 0.717) is 21.1 Å². The number of rotatable bonds is 3. The van der Waals surface area contributed by atoms with Crippen molar-refractivity contribution >= 4 is 39.2 Å². The first-order chi connectivity index (χ1) is 11.4. The minimum Gasteiger partial charge on any atom is -0.268 e. The first kappa shape index (κ1) is 16.6. The van der Waals surface area contributed by atoms with E-state index in [2.05, 4.69) is 27.6 Å². The minimum atomic E-state index is -0.0798. The third-order valence-electron chi connectivity index (χ3n) is 3.96. The number of halogens is 1.